The lowest BCUT2D eigenvalue weighted by Crippen LogP contribution is -2.38. The molecule has 1 aliphatic carbocycles. The molecule has 3 nitrogen and oxygen atoms in total. The summed E-state index contributed by atoms with van der Waals surface area (Å²) in [6, 6.07) is 0. The number of nitrogens with zero attached hydrogens (tertiary/aromatic N) is 1. The van der Waals surface area contributed by atoms with Crippen LogP contribution in [0, 0.1) is 11.8 Å². The fourth-order valence-corrected chi connectivity index (χ4v) is 2.96. The van der Waals surface area contributed by atoms with Crippen molar-refractivity contribution >= 4 is 5.78 Å². The Balaban J connectivity index is 1.70. The molecular formula is C13H23NO2. The van der Waals surface area contributed by atoms with Gasteiger partial charge >= 0.3 is 0 Å². The summed E-state index contributed by atoms with van der Waals surface area (Å²) in [6.07, 6.45) is 5.52. The molecule has 0 aromatic carbocycles. The van der Waals surface area contributed by atoms with Gasteiger partial charge in [0.2, 0.25) is 0 Å². The van der Waals surface area contributed by atoms with E-state index in [0.29, 0.717) is 11.7 Å². The van der Waals surface area contributed by atoms with Crippen molar-refractivity contribution in [2.75, 3.05) is 33.4 Å². The number of Topliss-reactive ketones (excluding diaryl/α,β-unsaturated/α-hetero) is 1. The van der Waals surface area contributed by atoms with Gasteiger partial charge in [0.25, 0.3) is 0 Å². The van der Waals surface area contributed by atoms with Crippen LogP contribution in [0.25, 0.3) is 0 Å². The number of ketones is 1. The molecule has 0 aromatic heterocycles. The number of piperidine rings is 1. The number of likely N-dealkylation sites (tertiary alicyclic amines) is 1. The van der Waals surface area contributed by atoms with Crippen LogP contribution in [0.5, 0.6) is 0 Å². The Morgan fingerprint density at radius 1 is 1.31 bits per heavy atom. The summed E-state index contributed by atoms with van der Waals surface area (Å²) in [6.45, 7) is 4.21. The molecule has 0 aromatic rings. The first-order valence-corrected chi connectivity index (χ1v) is 6.53. The van der Waals surface area contributed by atoms with Crippen molar-refractivity contribution in [1.82, 2.24) is 4.90 Å². The molecule has 0 amide bonds. The maximum absolute atomic E-state index is 11.6. The van der Waals surface area contributed by atoms with Crippen LogP contribution in [0.2, 0.25) is 0 Å². The van der Waals surface area contributed by atoms with Crippen LogP contribution in [-0.4, -0.2) is 44.0 Å². The molecule has 2 fully saturated rings. The molecule has 0 bridgehead atoms. The molecule has 1 unspecified atom stereocenters. The van der Waals surface area contributed by atoms with Gasteiger partial charge in [0.05, 0.1) is 0 Å². The lowest BCUT2D eigenvalue weighted by Gasteiger charge is -2.32. The van der Waals surface area contributed by atoms with Gasteiger partial charge < -0.3 is 9.64 Å². The fourth-order valence-electron chi connectivity index (χ4n) is 2.96. The van der Waals surface area contributed by atoms with Crippen LogP contribution < -0.4 is 0 Å². The van der Waals surface area contributed by atoms with E-state index in [-0.39, 0.29) is 0 Å². The average molecular weight is 225 g/mol. The van der Waals surface area contributed by atoms with Gasteiger partial charge in [-0.1, -0.05) is 0 Å². The minimum Gasteiger partial charge on any atom is -0.384 e. The highest BCUT2D eigenvalue weighted by Gasteiger charge is 2.28. The van der Waals surface area contributed by atoms with Crippen molar-refractivity contribution in [3.63, 3.8) is 0 Å². The number of hydrogen-bond donors (Lipinski definition) is 0. The zero-order valence-corrected chi connectivity index (χ0v) is 10.3. The van der Waals surface area contributed by atoms with E-state index < -0.39 is 0 Å². The molecule has 16 heavy (non-hydrogen) atoms. The Hall–Kier alpha value is -0.410. The molecule has 0 N–H and O–H groups in total. The minimum atomic E-state index is 0.346. The number of carbonyl (C=O) groups is 1. The fraction of sp³-hybridized carbons (Fsp3) is 0.923. The predicted molar refractivity (Wildman–Crippen MR) is 63.4 cm³/mol. The Bertz CT molecular complexity index is 234. The van der Waals surface area contributed by atoms with E-state index in [0.717, 1.165) is 51.4 Å². The molecule has 2 rings (SSSR count). The highest BCUT2D eigenvalue weighted by Crippen LogP contribution is 2.24. The van der Waals surface area contributed by atoms with E-state index in [2.05, 4.69) is 4.90 Å². The lowest BCUT2D eigenvalue weighted by atomic mass is 9.96. The van der Waals surface area contributed by atoms with Gasteiger partial charge in [0.1, 0.15) is 5.78 Å². The van der Waals surface area contributed by atoms with Crippen LogP contribution in [-0.2, 0) is 9.53 Å². The van der Waals surface area contributed by atoms with Crippen LogP contribution in [0.1, 0.15) is 32.1 Å². The van der Waals surface area contributed by atoms with Gasteiger partial charge in [-0.05, 0) is 44.7 Å². The standard InChI is InChI=1S/C13H23NO2/c1-16-10-11-5-7-14(8-6-11)9-12-3-2-4-13(12)15/h11-12H,2-10H2,1H3. The van der Waals surface area contributed by atoms with Crippen molar-refractivity contribution in [2.45, 2.75) is 32.1 Å². The molecular weight excluding hydrogens is 202 g/mol. The zero-order valence-electron chi connectivity index (χ0n) is 10.3. The SMILES string of the molecule is COCC1CCN(CC2CCCC2=O)CC1. The first-order chi connectivity index (χ1) is 7.79. The summed E-state index contributed by atoms with van der Waals surface area (Å²) in [5.41, 5.74) is 0. The smallest absolute Gasteiger partial charge is 0.137 e. The summed E-state index contributed by atoms with van der Waals surface area (Å²) < 4.78 is 5.19. The second kappa shape index (κ2) is 5.78. The molecule has 2 aliphatic rings. The van der Waals surface area contributed by atoms with Crippen LogP contribution >= 0.6 is 0 Å². The van der Waals surface area contributed by atoms with Crippen molar-refractivity contribution in [3.05, 3.63) is 0 Å². The Morgan fingerprint density at radius 3 is 2.62 bits per heavy atom. The van der Waals surface area contributed by atoms with Crippen molar-refractivity contribution in [2.24, 2.45) is 11.8 Å². The molecule has 0 spiro atoms. The quantitative estimate of drug-likeness (QED) is 0.729. The lowest BCUT2D eigenvalue weighted by molar-refractivity contribution is -0.121. The molecule has 92 valence electrons. The van der Waals surface area contributed by atoms with Crippen LogP contribution in [0.4, 0.5) is 0 Å². The van der Waals surface area contributed by atoms with Crippen LogP contribution in [0.15, 0.2) is 0 Å². The van der Waals surface area contributed by atoms with Gasteiger partial charge in [0.15, 0.2) is 0 Å². The first kappa shape index (κ1) is 12.1. The van der Waals surface area contributed by atoms with Crippen molar-refractivity contribution in [1.29, 1.82) is 0 Å². The molecule has 0 radical (unpaired) electrons. The number of rotatable bonds is 4. The maximum Gasteiger partial charge on any atom is 0.137 e. The van der Waals surface area contributed by atoms with E-state index in [1.165, 1.54) is 12.8 Å². The van der Waals surface area contributed by atoms with Gasteiger partial charge in [-0.3, -0.25) is 4.79 Å². The first-order valence-electron chi connectivity index (χ1n) is 6.53. The number of hydrogen-bond acceptors (Lipinski definition) is 3. The molecule has 1 saturated carbocycles. The third kappa shape index (κ3) is 3.05. The Morgan fingerprint density at radius 2 is 2.06 bits per heavy atom. The highest BCUT2D eigenvalue weighted by atomic mass is 16.5. The predicted octanol–water partition coefficient (Wildman–Crippen LogP) is 1.71. The summed E-state index contributed by atoms with van der Waals surface area (Å²) in [4.78, 5) is 14.0. The molecule has 3 heteroatoms. The normalized spacial score (nSPS) is 28.8. The monoisotopic (exact) mass is 225 g/mol. The molecule has 1 atom stereocenters. The number of methoxy groups -OCH3 is 1. The van der Waals surface area contributed by atoms with Gasteiger partial charge in [-0.25, -0.2) is 0 Å². The van der Waals surface area contributed by atoms with Gasteiger partial charge in [0, 0.05) is 32.6 Å². The Kier molecular flexibility index (Phi) is 4.36. The second-order valence-corrected chi connectivity index (χ2v) is 5.25. The molecule has 1 aliphatic heterocycles. The zero-order chi connectivity index (χ0) is 11.4. The summed E-state index contributed by atoms with van der Waals surface area (Å²) >= 11 is 0. The Labute approximate surface area is 98.1 Å². The third-order valence-electron chi connectivity index (χ3n) is 4.02. The molecule has 1 heterocycles. The maximum atomic E-state index is 11.6. The van der Waals surface area contributed by atoms with Crippen molar-refractivity contribution in [3.8, 4) is 0 Å². The van der Waals surface area contributed by atoms with E-state index in [1.54, 1.807) is 7.11 Å². The molecule has 1 saturated heterocycles. The minimum absolute atomic E-state index is 0.346. The summed E-state index contributed by atoms with van der Waals surface area (Å²) in [5, 5.41) is 0. The summed E-state index contributed by atoms with van der Waals surface area (Å²) in [5.74, 6) is 1.58. The van der Waals surface area contributed by atoms with Crippen LogP contribution in [0.3, 0.4) is 0 Å². The topological polar surface area (TPSA) is 29.5 Å². The van der Waals surface area contributed by atoms with Gasteiger partial charge in [-0.15, -0.1) is 0 Å². The number of ether oxygens (including phenoxy) is 1. The van der Waals surface area contributed by atoms with E-state index >= 15 is 0 Å². The average Bonchev–Trinajstić information content (AvgIpc) is 2.68. The van der Waals surface area contributed by atoms with E-state index in [1.807, 2.05) is 0 Å². The number of carbonyl (C=O) groups excluding carboxylic acids is 1. The highest BCUT2D eigenvalue weighted by molar-refractivity contribution is 5.83. The summed E-state index contributed by atoms with van der Waals surface area (Å²) in [7, 11) is 1.78. The largest absolute Gasteiger partial charge is 0.384 e. The second-order valence-electron chi connectivity index (χ2n) is 5.25. The van der Waals surface area contributed by atoms with Crippen molar-refractivity contribution < 1.29 is 9.53 Å². The van der Waals surface area contributed by atoms with Gasteiger partial charge in [-0.2, -0.15) is 0 Å². The van der Waals surface area contributed by atoms with E-state index in [9.17, 15) is 4.79 Å². The third-order valence-corrected chi connectivity index (χ3v) is 4.02. The van der Waals surface area contributed by atoms with E-state index in [4.69, 9.17) is 4.74 Å².